The van der Waals surface area contributed by atoms with Crippen molar-refractivity contribution in [2.75, 3.05) is 13.4 Å². The van der Waals surface area contributed by atoms with Crippen LogP contribution in [-0.2, 0) is 9.53 Å². The molecule has 1 aromatic rings. The standard InChI is InChI=1S/C9H11ClN2O3S/c1-5(9(14)15-2)12-8(13)7(16-3)6(10)4-11-12/h4-5H,1-3H3. The lowest BCUT2D eigenvalue weighted by Crippen LogP contribution is -2.31. The highest BCUT2D eigenvalue weighted by Gasteiger charge is 2.20. The molecule has 1 unspecified atom stereocenters. The quantitative estimate of drug-likeness (QED) is 0.608. The Balaban J connectivity index is 3.26. The highest BCUT2D eigenvalue weighted by molar-refractivity contribution is 7.98. The molecule has 0 amide bonds. The van der Waals surface area contributed by atoms with Crippen molar-refractivity contribution in [2.45, 2.75) is 17.9 Å². The maximum Gasteiger partial charge on any atom is 0.330 e. The third-order valence-electron chi connectivity index (χ3n) is 2.03. The van der Waals surface area contributed by atoms with E-state index in [1.807, 2.05) is 0 Å². The first-order valence-corrected chi connectivity index (χ1v) is 6.02. The van der Waals surface area contributed by atoms with Gasteiger partial charge in [0.2, 0.25) is 0 Å². The molecule has 1 aromatic heterocycles. The van der Waals surface area contributed by atoms with E-state index >= 15 is 0 Å². The lowest BCUT2D eigenvalue weighted by Gasteiger charge is -2.12. The summed E-state index contributed by atoms with van der Waals surface area (Å²) in [4.78, 5) is 23.5. The van der Waals surface area contributed by atoms with Gasteiger partial charge in [-0.25, -0.2) is 9.48 Å². The topological polar surface area (TPSA) is 61.2 Å². The molecular formula is C9H11ClN2O3S. The Kier molecular flexibility index (Phi) is 4.37. The van der Waals surface area contributed by atoms with E-state index in [2.05, 4.69) is 9.84 Å². The van der Waals surface area contributed by atoms with Gasteiger partial charge in [-0.15, -0.1) is 11.8 Å². The summed E-state index contributed by atoms with van der Waals surface area (Å²) in [5.74, 6) is -0.524. The summed E-state index contributed by atoms with van der Waals surface area (Å²) in [7, 11) is 1.26. The molecule has 0 saturated heterocycles. The summed E-state index contributed by atoms with van der Waals surface area (Å²) in [6.45, 7) is 1.54. The fourth-order valence-electron chi connectivity index (χ4n) is 1.16. The van der Waals surface area contributed by atoms with Crippen LogP contribution in [0, 0.1) is 0 Å². The number of thioether (sulfide) groups is 1. The molecule has 0 aliphatic rings. The molecule has 16 heavy (non-hydrogen) atoms. The molecule has 0 bridgehead atoms. The number of carbonyl (C=O) groups is 1. The molecule has 0 saturated carbocycles. The summed E-state index contributed by atoms with van der Waals surface area (Å²) in [5.41, 5.74) is -0.391. The van der Waals surface area contributed by atoms with Crippen molar-refractivity contribution in [1.29, 1.82) is 0 Å². The zero-order chi connectivity index (χ0) is 12.3. The van der Waals surface area contributed by atoms with Gasteiger partial charge in [-0.3, -0.25) is 4.79 Å². The van der Waals surface area contributed by atoms with Crippen LogP contribution in [0.4, 0.5) is 0 Å². The van der Waals surface area contributed by atoms with Gasteiger partial charge in [0.1, 0.15) is 0 Å². The second-order valence-corrected chi connectivity index (χ2v) is 4.20. The van der Waals surface area contributed by atoms with Gasteiger partial charge in [0.05, 0.1) is 23.2 Å². The van der Waals surface area contributed by atoms with Gasteiger partial charge in [-0.05, 0) is 13.2 Å². The van der Waals surface area contributed by atoms with Crippen molar-refractivity contribution in [2.24, 2.45) is 0 Å². The zero-order valence-corrected chi connectivity index (χ0v) is 10.6. The van der Waals surface area contributed by atoms with E-state index in [0.29, 0.717) is 4.90 Å². The van der Waals surface area contributed by atoms with Gasteiger partial charge < -0.3 is 4.74 Å². The van der Waals surface area contributed by atoms with E-state index in [0.717, 1.165) is 4.68 Å². The molecule has 0 aliphatic heterocycles. The van der Waals surface area contributed by atoms with Gasteiger partial charge in [0.15, 0.2) is 6.04 Å². The average molecular weight is 263 g/mol. The van der Waals surface area contributed by atoms with Crippen LogP contribution in [0.3, 0.4) is 0 Å². The fourth-order valence-corrected chi connectivity index (χ4v) is 2.03. The first kappa shape index (κ1) is 13.1. The summed E-state index contributed by atoms with van der Waals surface area (Å²) in [5, 5.41) is 4.10. The van der Waals surface area contributed by atoms with Crippen molar-refractivity contribution in [3.05, 3.63) is 21.6 Å². The van der Waals surface area contributed by atoms with Gasteiger partial charge in [-0.1, -0.05) is 11.6 Å². The number of esters is 1. The Hall–Kier alpha value is -1.01. The first-order valence-electron chi connectivity index (χ1n) is 4.42. The Morgan fingerprint density at radius 3 is 2.81 bits per heavy atom. The Labute approximate surface area is 102 Å². The lowest BCUT2D eigenvalue weighted by molar-refractivity contribution is -0.144. The average Bonchev–Trinajstić information content (AvgIpc) is 2.28. The number of methoxy groups -OCH3 is 1. The predicted molar refractivity (Wildman–Crippen MR) is 62.0 cm³/mol. The molecule has 0 radical (unpaired) electrons. The summed E-state index contributed by atoms with van der Waals surface area (Å²) in [6, 6.07) is -0.763. The highest BCUT2D eigenvalue weighted by Crippen LogP contribution is 2.20. The maximum absolute atomic E-state index is 11.9. The van der Waals surface area contributed by atoms with E-state index in [1.54, 1.807) is 6.26 Å². The molecule has 1 atom stereocenters. The number of hydrogen-bond donors (Lipinski definition) is 0. The van der Waals surface area contributed by atoms with E-state index < -0.39 is 17.6 Å². The van der Waals surface area contributed by atoms with Gasteiger partial charge in [0.25, 0.3) is 5.56 Å². The van der Waals surface area contributed by atoms with E-state index in [1.165, 1.54) is 32.0 Å². The molecule has 0 N–H and O–H groups in total. The van der Waals surface area contributed by atoms with Gasteiger partial charge >= 0.3 is 5.97 Å². The fraction of sp³-hybridized carbons (Fsp3) is 0.444. The Morgan fingerprint density at radius 2 is 2.31 bits per heavy atom. The van der Waals surface area contributed by atoms with E-state index in [9.17, 15) is 9.59 Å². The summed E-state index contributed by atoms with van der Waals surface area (Å²) < 4.78 is 5.61. The lowest BCUT2D eigenvalue weighted by atomic mass is 10.3. The number of rotatable bonds is 3. The first-order chi connectivity index (χ1) is 7.52. The van der Waals surface area contributed by atoms with Crippen LogP contribution in [-0.4, -0.2) is 29.1 Å². The minimum atomic E-state index is -0.763. The second-order valence-electron chi connectivity index (χ2n) is 2.97. The molecule has 0 spiro atoms. The smallest absolute Gasteiger partial charge is 0.330 e. The van der Waals surface area contributed by atoms with Crippen LogP contribution in [0.1, 0.15) is 13.0 Å². The number of aromatic nitrogens is 2. The predicted octanol–water partition coefficient (Wildman–Crippen LogP) is 1.35. The molecule has 0 aliphatic carbocycles. The molecule has 88 valence electrons. The van der Waals surface area contributed by atoms with E-state index in [4.69, 9.17) is 11.6 Å². The molecule has 1 rings (SSSR count). The van der Waals surface area contributed by atoms with Crippen LogP contribution in [0.2, 0.25) is 5.02 Å². The molecular weight excluding hydrogens is 252 g/mol. The molecule has 5 nitrogen and oxygen atoms in total. The normalized spacial score (nSPS) is 12.2. The van der Waals surface area contributed by atoms with Gasteiger partial charge in [-0.2, -0.15) is 5.10 Å². The number of hydrogen-bond acceptors (Lipinski definition) is 5. The Bertz CT molecular complexity index is 461. The minimum Gasteiger partial charge on any atom is -0.467 e. The van der Waals surface area contributed by atoms with Crippen LogP contribution < -0.4 is 5.56 Å². The van der Waals surface area contributed by atoms with E-state index in [-0.39, 0.29) is 5.02 Å². The minimum absolute atomic E-state index is 0.283. The third kappa shape index (κ3) is 2.38. The molecule has 0 fully saturated rings. The third-order valence-corrected chi connectivity index (χ3v) is 3.23. The van der Waals surface area contributed by atoms with Crippen LogP contribution >= 0.6 is 23.4 Å². The number of nitrogens with zero attached hydrogens (tertiary/aromatic N) is 2. The van der Waals surface area contributed by atoms with Crippen molar-refractivity contribution < 1.29 is 9.53 Å². The zero-order valence-electron chi connectivity index (χ0n) is 9.06. The number of halogens is 1. The monoisotopic (exact) mass is 262 g/mol. The number of ether oxygens (including phenoxy) is 1. The van der Waals surface area contributed by atoms with Crippen molar-refractivity contribution in [1.82, 2.24) is 9.78 Å². The van der Waals surface area contributed by atoms with Crippen LogP contribution in [0.25, 0.3) is 0 Å². The molecule has 7 heteroatoms. The van der Waals surface area contributed by atoms with Crippen molar-refractivity contribution in [3.63, 3.8) is 0 Å². The number of carbonyl (C=O) groups excluding carboxylic acids is 1. The largest absolute Gasteiger partial charge is 0.467 e. The second kappa shape index (κ2) is 5.36. The summed E-state index contributed by atoms with van der Waals surface area (Å²) >= 11 is 7.02. The molecule has 1 heterocycles. The Morgan fingerprint density at radius 1 is 1.69 bits per heavy atom. The van der Waals surface area contributed by atoms with Crippen molar-refractivity contribution in [3.8, 4) is 0 Å². The SMILES string of the molecule is COC(=O)C(C)n1ncc(Cl)c(SC)c1=O. The molecule has 0 aromatic carbocycles. The van der Waals surface area contributed by atoms with Crippen LogP contribution in [0.15, 0.2) is 15.9 Å². The van der Waals surface area contributed by atoms with Crippen LogP contribution in [0.5, 0.6) is 0 Å². The van der Waals surface area contributed by atoms with Crippen molar-refractivity contribution >= 4 is 29.3 Å². The highest BCUT2D eigenvalue weighted by atomic mass is 35.5. The van der Waals surface area contributed by atoms with Gasteiger partial charge in [0, 0.05) is 0 Å². The summed E-state index contributed by atoms with van der Waals surface area (Å²) in [6.07, 6.45) is 3.07. The maximum atomic E-state index is 11.9.